The molecule has 0 bridgehead atoms. The summed E-state index contributed by atoms with van der Waals surface area (Å²) in [6.07, 6.45) is 2.87. The summed E-state index contributed by atoms with van der Waals surface area (Å²) in [6.45, 7) is 13.1. The van der Waals surface area contributed by atoms with Crippen LogP contribution in [0.2, 0.25) is 0 Å². The average molecular weight is 379 g/mol. The predicted octanol–water partition coefficient (Wildman–Crippen LogP) is 4.23. The summed E-state index contributed by atoms with van der Waals surface area (Å²) >= 11 is 0. The Kier molecular flexibility index (Phi) is 4.66. The maximum Gasteiger partial charge on any atom is 0.254 e. The van der Waals surface area contributed by atoms with Crippen molar-refractivity contribution in [3.05, 3.63) is 63.0 Å². The molecule has 0 saturated heterocycles. The largest absolute Gasteiger partial charge is 0.361 e. The van der Waals surface area contributed by atoms with Gasteiger partial charge in [0.15, 0.2) is 0 Å². The molecule has 148 valence electrons. The third kappa shape index (κ3) is 3.51. The molecule has 3 heterocycles. The van der Waals surface area contributed by atoms with E-state index in [1.807, 2.05) is 0 Å². The van der Waals surface area contributed by atoms with Crippen molar-refractivity contribution in [3.8, 4) is 0 Å². The lowest BCUT2D eigenvalue weighted by Gasteiger charge is -2.28. The van der Waals surface area contributed by atoms with Gasteiger partial charge in [-0.2, -0.15) is 0 Å². The van der Waals surface area contributed by atoms with E-state index in [1.165, 1.54) is 22.0 Å². The van der Waals surface area contributed by atoms with Gasteiger partial charge in [-0.25, -0.2) is 4.98 Å². The normalized spacial score (nSPS) is 15.4. The lowest BCUT2D eigenvalue weighted by Crippen LogP contribution is -2.36. The molecule has 0 radical (unpaired) electrons. The fraction of sp³-hybridized carbons (Fsp3) is 0.478. The van der Waals surface area contributed by atoms with Crippen LogP contribution in [-0.2, 0) is 24.9 Å². The summed E-state index contributed by atoms with van der Waals surface area (Å²) in [5, 5.41) is 1.28. The number of aromatic amines is 2. The number of nitrogens with zero attached hydrogens (tertiary/aromatic N) is 2. The molecule has 0 fully saturated rings. The van der Waals surface area contributed by atoms with Crippen molar-refractivity contribution in [2.75, 3.05) is 6.54 Å². The highest BCUT2D eigenvalue weighted by atomic mass is 16.1. The standard InChI is InChI=1S/C23H30N4O/c1-14(2)15-6-7-17-16(11-24-19(17)10-15)12-27-9-8-18-20(13-27)25-22(23(3,4)5)26-21(18)28/h6-7,10-11,14,24H,8-9,12-13H2,1-5H3,(H,25,26,28). The minimum absolute atomic E-state index is 0.0304. The number of hydrogen-bond donors (Lipinski definition) is 2. The van der Waals surface area contributed by atoms with Gasteiger partial charge < -0.3 is 9.97 Å². The van der Waals surface area contributed by atoms with Crippen LogP contribution in [0.1, 0.15) is 68.7 Å². The molecule has 28 heavy (non-hydrogen) atoms. The highest BCUT2D eigenvalue weighted by Gasteiger charge is 2.25. The molecular weight excluding hydrogens is 348 g/mol. The molecule has 4 rings (SSSR count). The SMILES string of the molecule is CC(C)c1ccc2c(CN3CCc4c(nc(C(C)(C)C)[nH]c4=O)C3)c[nH]c2c1. The Balaban J connectivity index is 1.59. The maximum absolute atomic E-state index is 12.5. The minimum Gasteiger partial charge on any atom is -0.361 e. The molecule has 1 aliphatic rings. The molecule has 0 saturated carbocycles. The van der Waals surface area contributed by atoms with Gasteiger partial charge in [0.1, 0.15) is 5.82 Å². The summed E-state index contributed by atoms with van der Waals surface area (Å²) in [7, 11) is 0. The Labute approximate surface area is 166 Å². The van der Waals surface area contributed by atoms with Crippen LogP contribution in [0.3, 0.4) is 0 Å². The number of aromatic nitrogens is 3. The van der Waals surface area contributed by atoms with Crippen LogP contribution in [0.15, 0.2) is 29.2 Å². The van der Waals surface area contributed by atoms with Crippen molar-refractivity contribution in [1.82, 2.24) is 19.9 Å². The number of hydrogen-bond acceptors (Lipinski definition) is 3. The fourth-order valence-electron chi connectivity index (χ4n) is 3.92. The van der Waals surface area contributed by atoms with Gasteiger partial charge in [-0.3, -0.25) is 9.69 Å². The first-order chi connectivity index (χ1) is 13.2. The molecule has 5 nitrogen and oxygen atoms in total. The predicted molar refractivity (Wildman–Crippen MR) is 114 cm³/mol. The highest BCUT2D eigenvalue weighted by Crippen LogP contribution is 2.26. The minimum atomic E-state index is -0.165. The molecule has 0 spiro atoms. The number of benzene rings is 1. The van der Waals surface area contributed by atoms with Crippen LogP contribution >= 0.6 is 0 Å². The van der Waals surface area contributed by atoms with Crippen LogP contribution < -0.4 is 5.56 Å². The molecule has 0 aliphatic carbocycles. The summed E-state index contributed by atoms with van der Waals surface area (Å²) in [4.78, 5) is 26.1. The van der Waals surface area contributed by atoms with Crippen LogP contribution in [0.5, 0.6) is 0 Å². The van der Waals surface area contributed by atoms with E-state index in [4.69, 9.17) is 4.98 Å². The first-order valence-corrected chi connectivity index (χ1v) is 10.2. The lowest BCUT2D eigenvalue weighted by atomic mass is 9.95. The summed E-state index contributed by atoms with van der Waals surface area (Å²) in [5.74, 6) is 1.29. The maximum atomic E-state index is 12.5. The molecule has 2 N–H and O–H groups in total. The second-order valence-electron chi connectivity index (χ2n) is 9.32. The van der Waals surface area contributed by atoms with Gasteiger partial charge in [-0.1, -0.05) is 46.8 Å². The Morgan fingerprint density at radius 2 is 2.04 bits per heavy atom. The van der Waals surface area contributed by atoms with Crippen LogP contribution in [0.25, 0.3) is 10.9 Å². The second-order valence-corrected chi connectivity index (χ2v) is 9.32. The lowest BCUT2D eigenvalue weighted by molar-refractivity contribution is 0.240. The quantitative estimate of drug-likeness (QED) is 0.717. The highest BCUT2D eigenvalue weighted by molar-refractivity contribution is 5.83. The molecule has 0 amide bonds. The smallest absolute Gasteiger partial charge is 0.254 e. The van der Waals surface area contributed by atoms with Gasteiger partial charge in [-0.15, -0.1) is 0 Å². The van der Waals surface area contributed by atoms with Crippen LogP contribution in [-0.4, -0.2) is 26.4 Å². The number of nitrogens with one attached hydrogen (secondary N) is 2. The van der Waals surface area contributed by atoms with E-state index >= 15 is 0 Å². The van der Waals surface area contributed by atoms with Crippen LogP contribution in [0.4, 0.5) is 0 Å². The number of rotatable bonds is 3. The van der Waals surface area contributed by atoms with E-state index in [2.05, 4.69) is 73.9 Å². The van der Waals surface area contributed by atoms with E-state index in [0.717, 1.165) is 43.1 Å². The molecule has 5 heteroatoms. The zero-order chi connectivity index (χ0) is 20.1. The Bertz CT molecular complexity index is 1070. The summed E-state index contributed by atoms with van der Waals surface area (Å²) in [5.41, 5.74) is 5.50. The number of H-pyrrole nitrogens is 2. The first-order valence-electron chi connectivity index (χ1n) is 10.2. The van der Waals surface area contributed by atoms with Gasteiger partial charge >= 0.3 is 0 Å². The molecule has 1 aliphatic heterocycles. The Morgan fingerprint density at radius 1 is 1.25 bits per heavy atom. The van der Waals surface area contributed by atoms with Crippen molar-refractivity contribution < 1.29 is 0 Å². The molecule has 0 unspecified atom stereocenters. The van der Waals surface area contributed by atoms with Gasteiger partial charge in [-0.05, 0) is 29.5 Å². The van der Waals surface area contributed by atoms with Crippen molar-refractivity contribution >= 4 is 10.9 Å². The average Bonchev–Trinajstić information content (AvgIpc) is 3.02. The van der Waals surface area contributed by atoms with E-state index in [9.17, 15) is 4.79 Å². The van der Waals surface area contributed by atoms with Gasteiger partial charge in [0.05, 0.1) is 5.69 Å². The van der Waals surface area contributed by atoms with Gasteiger partial charge in [0.25, 0.3) is 5.56 Å². The third-order valence-electron chi connectivity index (χ3n) is 5.72. The monoisotopic (exact) mass is 378 g/mol. The molecule has 3 aromatic rings. The molecular formula is C23H30N4O. The molecule has 0 atom stereocenters. The van der Waals surface area contributed by atoms with Crippen LogP contribution in [0, 0.1) is 0 Å². The zero-order valence-corrected chi connectivity index (χ0v) is 17.5. The van der Waals surface area contributed by atoms with Crippen molar-refractivity contribution in [1.29, 1.82) is 0 Å². The zero-order valence-electron chi connectivity index (χ0n) is 17.5. The van der Waals surface area contributed by atoms with E-state index in [0.29, 0.717) is 5.92 Å². The first kappa shape index (κ1) is 18.9. The number of fused-ring (bicyclic) bond motifs is 2. The van der Waals surface area contributed by atoms with Crippen molar-refractivity contribution in [3.63, 3.8) is 0 Å². The van der Waals surface area contributed by atoms with E-state index in [-0.39, 0.29) is 11.0 Å². The van der Waals surface area contributed by atoms with E-state index < -0.39 is 0 Å². The summed E-state index contributed by atoms with van der Waals surface area (Å²) in [6, 6.07) is 6.72. The van der Waals surface area contributed by atoms with Gasteiger partial charge in [0.2, 0.25) is 0 Å². The Hall–Kier alpha value is -2.40. The fourth-order valence-corrected chi connectivity index (χ4v) is 3.92. The summed E-state index contributed by atoms with van der Waals surface area (Å²) < 4.78 is 0. The molecule has 1 aromatic carbocycles. The second kappa shape index (κ2) is 6.89. The van der Waals surface area contributed by atoms with Crippen molar-refractivity contribution in [2.24, 2.45) is 0 Å². The Morgan fingerprint density at radius 3 is 2.75 bits per heavy atom. The topological polar surface area (TPSA) is 64.8 Å². The van der Waals surface area contributed by atoms with Crippen molar-refractivity contribution in [2.45, 2.75) is 65.5 Å². The van der Waals surface area contributed by atoms with E-state index in [1.54, 1.807) is 0 Å². The van der Waals surface area contributed by atoms with Gasteiger partial charge in [0, 0.05) is 47.7 Å². The molecule has 2 aromatic heterocycles. The third-order valence-corrected chi connectivity index (χ3v) is 5.72.